The van der Waals surface area contributed by atoms with Gasteiger partial charge in [-0.2, -0.15) is 0 Å². The van der Waals surface area contributed by atoms with Gasteiger partial charge in [0, 0.05) is 25.7 Å². The number of hydrogen-bond donors (Lipinski definition) is 1. The van der Waals surface area contributed by atoms with Crippen molar-refractivity contribution in [2.24, 2.45) is 5.73 Å². The van der Waals surface area contributed by atoms with E-state index < -0.39 is 0 Å². The van der Waals surface area contributed by atoms with E-state index in [1.165, 1.54) is 11.1 Å². The highest BCUT2D eigenvalue weighted by Gasteiger charge is 2.40. The van der Waals surface area contributed by atoms with Crippen LogP contribution < -0.4 is 5.73 Å². The monoisotopic (exact) mass is 276 g/mol. The van der Waals surface area contributed by atoms with Gasteiger partial charge >= 0.3 is 0 Å². The number of hydrogen-bond acceptors (Lipinski definition) is 3. The summed E-state index contributed by atoms with van der Waals surface area (Å²) in [6.07, 6.45) is 0. The lowest BCUT2D eigenvalue weighted by atomic mass is 9.93. The largest absolute Gasteiger partial charge is 0.367 e. The SMILES string of the molecule is Cc1ccccc1C(CN)N1CC(C)(C)OC(C)(C)C1. The molecule has 1 aromatic carbocycles. The molecule has 0 amide bonds. The molecule has 1 heterocycles. The third kappa shape index (κ3) is 3.40. The lowest BCUT2D eigenvalue weighted by Crippen LogP contribution is -2.58. The second-order valence-electron chi connectivity index (χ2n) is 7.13. The summed E-state index contributed by atoms with van der Waals surface area (Å²) in [4.78, 5) is 2.48. The molecule has 1 aliphatic rings. The molecule has 0 bridgehead atoms. The summed E-state index contributed by atoms with van der Waals surface area (Å²) < 4.78 is 6.17. The molecule has 0 radical (unpaired) electrons. The first-order valence-electron chi connectivity index (χ1n) is 7.44. The molecule has 1 fully saturated rings. The summed E-state index contributed by atoms with van der Waals surface area (Å²) in [7, 11) is 0. The number of morpholine rings is 1. The predicted molar refractivity (Wildman–Crippen MR) is 83.8 cm³/mol. The molecule has 20 heavy (non-hydrogen) atoms. The molecule has 2 N–H and O–H groups in total. The highest BCUT2D eigenvalue weighted by Crippen LogP contribution is 2.33. The van der Waals surface area contributed by atoms with E-state index >= 15 is 0 Å². The number of rotatable bonds is 3. The zero-order chi connectivity index (χ0) is 15.0. The van der Waals surface area contributed by atoms with Gasteiger partial charge in [-0.3, -0.25) is 4.90 Å². The summed E-state index contributed by atoms with van der Waals surface area (Å²) in [5.74, 6) is 0. The molecule has 0 aliphatic carbocycles. The Labute approximate surface area is 123 Å². The van der Waals surface area contributed by atoms with Crippen molar-refractivity contribution in [2.45, 2.75) is 51.9 Å². The summed E-state index contributed by atoms with van der Waals surface area (Å²) >= 11 is 0. The van der Waals surface area contributed by atoms with Crippen LogP contribution in [0.5, 0.6) is 0 Å². The van der Waals surface area contributed by atoms with Crippen LogP contribution in [0.15, 0.2) is 24.3 Å². The molecule has 3 nitrogen and oxygen atoms in total. The van der Waals surface area contributed by atoms with E-state index in [1.807, 2.05) is 0 Å². The normalized spacial score (nSPS) is 23.5. The molecule has 1 saturated heterocycles. The van der Waals surface area contributed by atoms with E-state index in [1.54, 1.807) is 0 Å². The lowest BCUT2D eigenvalue weighted by molar-refractivity contribution is -0.187. The minimum Gasteiger partial charge on any atom is -0.367 e. The third-order valence-corrected chi connectivity index (χ3v) is 3.93. The van der Waals surface area contributed by atoms with Gasteiger partial charge in [0.1, 0.15) is 0 Å². The molecular weight excluding hydrogens is 248 g/mol. The molecule has 1 aromatic rings. The summed E-state index contributed by atoms with van der Waals surface area (Å²) in [5, 5.41) is 0. The van der Waals surface area contributed by atoms with Crippen LogP contribution in [0.1, 0.15) is 44.9 Å². The quantitative estimate of drug-likeness (QED) is 0.922. The molecule has 2 rings (SSSR count). The van der Waals surface area contributed by atoms with E-state index in [-0.39, 0.29) is 17.2 Å². The first-order valence-corrected chi connectivity index (χ1v) is 7.44. The fourth-order valence-corrected chi connectivity index (χ4v) is 3.50. The lowest BCUT2D eigenvalue weighted by Gasteiger charge is -2.49. The number of nitrogens with two attached hydrogens (primary N) is 1. The first kappa shape index (κ1) is 15.5. The van der Waals surface area contributed by atoms with Crippen LogP contribution in [0.4, 0.5) is 0 Å². The first-order chi connectivity index (χ1) is 9.24. The van der Waals surface area contributed by atoms with E-state index in [0.29, 0.717) is 6.54 Å². The number of aryl methyl sites for hydroxylation is 1. The van der Waals surface area contributed by atoms with Crippen LogP contribution in [0.3, 0.4) is 0 Å². The van der Waals surface area contributed by atoms with E-state index in [4.69, 9.17) is 10.5 Å². The van der Waals surface area contributed by atoms with Gasteiger partial charge in [0.2, 0.25) is 0 Å². The minimum atomic E-state index is -0.141. The van der Waals surface area contributed by atoms with Gasteiger partial charge in [0.15, 0.2) is 0 Å². The Morgan fingerprint density at radius 1 is 1.15 bits per heavy atom. The Balaban J connectivity index is 2.30. The van der Waals surface area contributed by atoms with Crippen molar-refractivity contribution in [1.29, 1.82) is 0 Å². The Hall–Kier alpha value is -0.900. The van der Waals surface area contributed by atoms with Crippen molar-refractivity contribution >= 4 is 0 Å². The van der Waals surface area contributed by atoms with Gasteiger partial charge in [-0.15, -0.1) is 0 Å². The molecule has 112 valence electrons. The van der Waals surface area contributed by atoms with Gasteiger partial charge in [0.05, 0.1) is 11.2 Å². The number of benzene rings is 1. The van der Waals surface area contributed by atoms with Crippen molar-refractivity contribution in [3.63, 3.8) is 0 Å². The maximum absolute atomic E-state index is 6.17. The Kier molecular flexibility index (Phi) is 4.24. The highest BCUT2D eigenvalue weighted by molar-refractivity contribution is 5.29. The van der Waals surface area contributed by atoms with E-state index in [0.717, 1.165) is 13.1 Å². The third-order valence-electron chi connectivity index (χ3n) is 3.93. The van der Waals surface area contributed by atoms with Gasteiger partial charge in [-0.05, 0) is 45.7 Å². The summed E-state index contributed by atoms with van der Waals surface area (Å²) in [6.45, 7) is 13.3. The topological polar surface area (TPSA) is 38.5 Å². The van der Waals surface area contributed by atoms with Gasteiger partial charge in [-0.25, -0.2) is 0 Å². The molecule has 1 atom stereocenters. The second kappa shape index (κ2) is 5.47. The maximum atomic E-state index is 6.17. The minimum absolute atomic E-state index is 0.141. The smallest absolute Gasteiger partial charge is 0.0761 e. The van der Waals surface area contributed by atoms with Crippen molar-refractivity contribution in [1.82, 2.24) is 4.90 Å². The van der Waals surface area contributed by atoms with Crippen LogP contribution in [0.2, 0.25) is 0 Å². The van der Waals surface area contributed by atoms with Crippen LogP contribution in [0.25, 0.3) is 0 Å². The van der Waals surface area contributed by atoms with Gasteiger partial charge in [0.25, 0.3) is 0 Å². The Morgan fingerprint density at radius 3 is 2.20 bits per heavy atom. The zero-order valence-corrected chi connectivity index (χ0v) is 13.4. The number of ether oxygens (including phenoxy) is 1. The van der Waals surface area contributed by atoms with E-state index in [9.17, 15) is 0 Å². The van der Waals surface area contributed by atoms with Crippen LogP contribution in [-0.2, 0) is 4.74 Å². The van der Waals surface area contributed by atoms with Crippen molar-refractivity contribution in [3.05, 3.63) is 35.4 Å². The van der Waals surface area contributed by atoms with Gasteiger partial charge in [-0.1, -0.05) is 24.3 Å². The fraction of sp³-hybridized carbons (Fsp3) is 0.647. The Bertz CT molecular complexity index is 452. The summed E-state index contributed by atoms with van der Waals surface area (Å²) in [6, 6.07) is 8.80. The Morgan fingerprint density at radius 2 is 1.70 bits per heavy atom. The van der Waals surface area contributed by atoms with Crippen molar-refractivity contribution < 1.29 is 4.74 Å². The molecule has 1 aliphatic heterocycles. The molecule has 0 spiro atoms. The van der Waals surface area contributed by atoms with E-state index in [2.05, 4.69) is 63.8 Å². The van der Waals surface area contributed by atoms with Crippen LogP contribution in [-0.4, -0.2) is 35.7 Å². The average Bonchev–Trinajstić information content (AvgIpc) is 2.28. The molecular formula is C17H28N2O. The average molecular weight is 276 g/mol. The summed E-state index contributed by atoms with van der Waals surface area (Å²) in [5.41, 5.74) is 8.46. The fourth-order valence-electron chi connectivity index (χ4n) is 3.50. The number of nitrogens with zero attached hydrogens (tertiary/aromatic N) is 1. The van der Waals surface area contributed by atoms with Crippen LogP contribution >= 0.6 is 0 Å². The van der Waals surface area contributed by atoms with Gasteiger partial charge < -0.3 is 10.5 Å². The predicted octanol–water partition coefficient (Wildman–Crippen LogP) is 2.88. The zero-order valence-electron chi connectivity index (χ0n) is 13.4. The highest BCUT2D eigenvalue weighted by atomic mass is 16.5. The second-order valence-corrected chi connectivity index (χ2v) is 7.13. The molecule has 0 saturated carbocycles. The maximum Gasteiger partial charge on any atom is 0.0761 e. The molecule has 0 aromatic heterocycles. The van der Waals surface area contributed by atoms with Crippen LogP contribution in [0, 0.1) is 6.92 Å². The standard InChI is InChI=1S/C17H28N2O/c1-13-8-6-7-9-14(13)15(10-18)19-11-16(2,3)20-17(4,5)12-19/h6-9,15H,10-12,18H2,1-5H3. The van der Waals surface area contributed by atoms with Crippen molar-refractivity contribution in [2.75, 3.05) is 19.6 Å². The molecule has 1 unspecified atom stereocenters. The van der Waals surface area contributed by atoms with Crippen molar-refractivity contribution in [3.8, 4) is 0 Å². The molecule has 3 heteroatoms.